The van der Waals surface area contributed by atoms with Gasteiger partial charge in [0.2, 0.25) is 0 Å². The number of unbranched alkanes of at least 4 members (excludes halogenated alkanes) is 1. The molecule has 4 nitrogen and oxygen atoms in total. The van der Waals surface area contributed by atoms with Gasteiger partial charge < -0.3 is 9.30 Å². The highest BCUT2D eigenvalue weighted by Crippen LogP contribution is 2.18. The Hall–Kier alpha value is -1.32. The zero-order valence-electron chi connectivity index (χ0n) is 11.9. The van der Waals surface area contributed by atoms with Crippen LogP contribution in [0.2, 0.25) is 0 Å². The number of carbonyl (C=O) groups is 1. The van der Waals surface area contributed by atoms with Crippen LogP contribution in [0.25, 0.3) is 0 Å². The molecule has 102 valence electrons. The third-order valence-corrected chi connectivity index (χ3v) is 3.43. The first-order chi connectivity index (χ1) is 8.63. The van der Waals surface area contributed by atoms with Crippen molar-refractivity contribution in [2.24, 2.45) is 5.92 Å². The largest absolute Gasteiger partial charge is 0.464 e. The molecule has 0 saturated heterocycles. The van der Waals surface area contributed by atoms with Crippen LogP contribution in [0, 0.1) is 12.8 Å². The Morgan fingerprint density at radius 1 is 1.50 bits per heavy atom. The van der Waals surface area contributed by atoms with Crippen molar-refractivity contribution < 1.29 is 9.53 Å². The van der Waals surface area contributed by atoms with Crippen molar-refractivity contribution in [3.8, 4) is 0 Å². The molecule has 4 heteroatoms. The Morgan fingerprint density at radius 3 is 2.78 bits per heavy atom. The fraction of sp³-hybridized carbons (Fsp3) is 0.714. The minimum atomic E-state index is -0.305. The Kier molecular flexibility index (Phi) is 5.89. The number of imidazole rings is 1. The van der Waals surface area contributed by atoms with Crippen LogP contribution in [0.1, 0.15) is 55.8 Å². The molecule has 1 atom stereocenters. The van der Waals surface area contributed by atoms with E-state index in [9.17, 15) is 4.79 Å². The molecule has 1 rings (SSSR count). The molecule has 0 amide bonds. The average molecular weight is 252 g/mol. The van der Waals surface area contributed by atoms with Gasteiger partial charge in [-0.05, 0) is 19.3 Å². The lowest BCUT2D eigenvalue weighted by Gasteiger charge is -2.17. The summed E-state index contributed by atoms with van der Waals surface area (Å²) in [4.78, 5) is 15.9. The number of hydrogen-bond donors (Lipinski definition) is 0. The van der Waals surface area contributed by atoms with Gasteiger partial charge in [0.15, 0.2) is 0 Å². The molecule has 0 aliphatic carbocycles. The predicted molar refractivity (Wildman–Crippen MR) is 71.6 cm³/mol. The monoisotopic (exact) mass is 252 g/mol. The third kappa shape index (κ3) is 3.59. The van der Waals surface area contributed by atoms with Gasteiger partial charge in [-0.2, -0.15) is 0 Å². The second-order valence-corrected chi connectivity index (χ2v) is 4.71. The van der Waals surface area contributed by atoms with Crippen molar-refractivity contribution in [2.45, 2.75) is 53.0 Å². The lowest BCUT2D eigenvalue weighted by molar-refractivity contribution is 0.0586. The second-order valence-electron chi connectivity index (χ2n) is 4.71. The van der Waals surface area contributed by atoms with Crippen molar-refractivity contribution in [1.29, 1.82) is 0 Å². The van der Waals surface area contributed by atoms with E-state index in [1.165, 1.54) is 26.4 Å². The number of carbonyl (C=O) groups excluding carboxylic acids is 1. The van der Waals surface area contributed by atoms with E-state index in [2.05, 4.69) is 18.8 Å². The van der Waals surface area contributed by atoms with Crippen LogP contribution in [0.4, 0.5) is 0 Å². The molecule has 0 N–H and O–H groups in total. The van der Waals surface area contributed by atoms with Crippen molar-refractivity contribution >= 4 is 5.97 Å². The summed E-state index contributed by atoms with van der Waals surface area (Å²) in [5.74, 6) is 1.17. The van der Waals surface area contributed by atoms with Gasteiger partial charge in [0.25, 0.3) is 0 Å². The number of methoxy groups -OCH3 is 1. The first kappa shape index (κ1) is 14.7. The van der Waals surface area contributed by atoms with Crippen LogP contribution in [-0.2, 0) is 11.3 Å². The minimum Gasteiger partial charge on any atom is -0.464 e. The molecule has 0 radical (unpaired) electrons. The van der Waals surface area contributed by atoms with Gasteiger partial charge in [-0.1, -0.05) is 33.1 Å². The first-order valence-corrected chi connectivity index (χ1v) is 6.74. The van der Waals surface area contributed by atoms with E-state index < -0.39 is 0 Å². The molecule has 1 aromatic rings. The maximum Gasteiger partial charge on any atom is 0.356 e. The summed E-state index contributed by atoms with van der Waals surface area (Å²) in [6, 6.07) is 0. The van der Waals surface area contributed by atoms with Gasteiger partial charge in [0.05, 0.1) is 13.3 Å². The zero-order valence-corrected chi connectivity index (χ0v) is 11.9. The third-order valence-electron chi connectivity index (χ3n) is 3.43. The SMILES string of the molecule is CCCCC(CC)Cn1c(C(=O)OC)cnc1C. The van der Waals surface area contributed by atoms with Gasteiger partial charge in [-0.25, -0.2) is 9.78 Å². The molecule has 0 saturated carbocycles. The summed E-state index contributed by atoms with van der Waals surface area (Å²) in [5, 5.41) is 0. The zero-order chi connectivity index (χ0) is 13.5. The van der Waals surface area contributed by atoms with E-state index >= 15 is 0 Å². The number of esters is 1. The molecular formula is C14H24N2O2. The first-order valence-electron chi connectivity index (χ1n) is 6.74. The Balaban J connectivity index is 2.81. The van der Waals surface area contributed by atoms with Crippen LogP contribution in [0.3, 0.4) is 0 Å². The van der Waals surface area contributed by atoms with Crippen LogP contribution in [0.15, 0.2) is 6.20 Å². The highest BCUT2D eigenvalue weighted by atomic mass is 16.5. The minimum absolute atomic E-state index is 0.305. The van der Waals surface area contributed by atoms with E-state index in [1.807, 2.05) is 11.5 Å². The number of nitrogens with zero attached hydrogens (tertiary/aromatic N) is 2. The van der Waals surface area contributed by atoms with Gasteiger partial charge in [0.1, 0.15) is 11.5 Å². The fourth-order valence-electron chi connectivity index (χ4n) is 2.14. The Labute approximate surface area is 109 Å². The van der Waals surface area contributed by atoms with Crippen LogP contribution < -0.4 is 0 Å². The van der Waals surface area contributed by atoms with Gasteiger partial charge in [-0.3, -0.25) is 0 Å². The standard InChI is InChI=1S/C14H24N2O2/c1-5-7-8-12(6-2)10-16-11(3)15-9-13(16)14(17)18-4/h9,12H,5-8,10H2,1-4H3. The molecule has 0 fully saturated rings. The number of aryl methyl sites for hydroxylation is 1. The highest BCUT2D eigenvalue weighted by molar-refractivity contribution is 5.87. The second kappa shape index (κ2) is 7.19. The molecule has 1 unspecified atom stereocenters. The highest BCUT2D eigenvalue weighted by Gasteiger charge is 2.17. The maximum atomic E-state index is 11.6. The normalized spacial score (nSPS) is 12.4. The Bertz CT molecular complexity index is 385. The number of ether oxygens (including phenoxy) is 1. The summed E-state index contributed by atoms with van der Waals surface area (Å²) < 4.78 is 6.77. The average Bonchev–Trinajstić information content (AvgIpc) is 2.75. The Morgan fingerprint density at radius 2 is 2.22 bits per heavy atom. The molecule has 18 heavy (non-hydrogen) atoms. The van der Waals surface area contributed by atoms with E-state index in [4.69, 9.17) is 4.74 Å². The molecule has 0 aromatic carbocycles. The van der Waals surface area contributed by atoms with Crippen molar-refractivity contribution in [3.05, 3.63) is 17.7 Å². The quantitative estimate of drug-likeness (QED) is 0.700. The van der Waals surface area contributed by atoms with E-state index in [1.54, 1.807) is 6.20 Å². The summed E-state index contributed by atoms with van der Waals surface area (Å²) in [6.45, 7) is 7.19. The molecule has 1 aromatic heterocycles. The topological polar surface area (TPSA) is 44.1 Å². The molecule has 0 bridgehead atoms. The predicted octanol–water partition coefficient (Wildman–Crippen LogP) is 3.19. The summed E-state index contributed by atoms with van der Waals surface area (Å²) >= 11 is 0. The summed E-state index contributed by atoms with van der Waals surface area (Å²) in [5.41, 5.74) is 0.560. The fourth-order valence-corrected chi connectivity index (χ4v) is 2.14. The van der Waals surface area contributed by atoms with Gasteiger partial charge in [0, 0.05) is 6.54 Å². The van der Waals surface area contributed by atoms with Gasteiger partial charge in [-0.15, -0.1) is 0 Å². The van der Waals surface area contributed by atoms with E-state index in [0.29, 0.717) is 11.6 Å². The number of aromatic nitrogens is 2. The van der Waals surface area contributed by atoms with Crippen LogP contribution >= 0.6 is 0 Å². The smallest absolute Gasteiger partial charge is 0.356 e. The molecular weight excluding hydrogens is 228 g/mol. The molecule has 0 aliphatic heterocycles. The summed E-state index contributed by atoms with van der Waals surface area (Å²) in [7, 11) is 1.41. The summed E-state index contributed by atoms with van der Waals surface area (Å²) in [6.07, 6.45) is 6.38. The van der Waals surface area contributed by atoms with E-state index in [0.717, 1.165) is 18.8 Å². The van der Waals surface area contributed by atoms with E-state index in [-0.39, 0.29) is 5.97 Å². The lowest BCUT2D eigenvalue weighted by Crippen LogP contribution is -2.17. The molecule has 0 spiro atoms. The van der Waals surface area contributed by atoms with Crippen molar-refractivity contribution in [3.63, 3.8) is 0 Å². The maximum absolute atomic E-state index is 11.6. The molecule has 0 aliphatic rings. The van der Waals surface area contributed by atoms with Crippen molar-refractivity contribution in [1.82, 2.24) is 9.55 Å². The molecule has 1 heterocycles. The number of hydrogen-bond acceptors (Lipinski definition) is 3. The van der Waals surface area contributed by atoms with Crippen LogP contribution in [0.5, 0.6) is 0 Å². The number of rotatable bonds is 7. The lowest BCUT2D eigenvalue weighted by atomic mass is 9.99. The van der Waals surface area contributed by atoms with Gasteiger partial charge >= 0.3 is 5.97 Å². The van der Waals surface area contributed by atoms with Crippen LogP contribution in [-0.4, -0.2) is 22.6 Å². The van der Waals surface area contributed by atoms with Crippen molar-refractivity contribution in [2.75, 3.05) is 7.11 Å².